The topological polar surface area (TPSA) is 70.1 Å². The summed E-state index contributed by atoms with van der Waals surface area (Å²) >= 11 is 0. The van der Waals surface area contributed by atoms with E-state index in [9.17, 15) is 9.90 Å². The third-order valence-electron chi connectivity index (χ3n) is 0.348. The summed E-state index contributed by atoms with van der Waals surface area (Å²) in [5.41, 5.74) is 0.0648. The van der Waals surface area contributed by atoms with E-state index in [4.69, 9.17) is 0 Å². The Kier molecular flexibility index (Phi) is 13.3. The normalized spacial score (nSPS) is 5.62. The first-order chi connectivity index (χ1) is 2.64. The van der Waals surface area contributed by atoms with Gasteiger partial charge in [-0.15, -0.1) is 0 Å². The van der Waals surface area contributed by atoms with Crippen LogP contribution in [0.25, 0.3) is 0 Å². The summed E-state index contributed by atoms with van der Waals surface area (Å²) in [5, 5.41) is 9.49. The monoisotopic (exact) mass is 166 g/mol. The molecule has 0 aliphatic rings. The van der Waals surface area contributed by atoms with Crippen LogP contribution in [0.3, 0.4) is 0 Å². The molecule has 0 spiro atoms. The molecular formula is C4H6O3Zn. The largest absolute Gasteiger partial charge is 2.00 e. The van der Waals surface area contributed by atoms with Gasteiger partial charge in [-0.2, -0.15) is 0 Å². The average Bonchev–Trinajstić information content (AvgIpc) is 1.36. The number of carboxylic acid groups (broad SMARTS) is 1. The van der Waals surface area contributed by atoms with Crippen molar-refractivity contribution >= 4 is 5.97 Å². The molecule has 0 heterocycles. The van der Waals surface area contributed by atoms with Crippen molar-refractivity contribution in [2.24, 2.45) is 0 Å². The van der Waals surface area contributed by atoms with E-state index in [0.717, 1.165) is 0 Å². The Bertz CT molecular complexity index is 77.3. The van der Waals surface area contributed by atoms with Crippen molar-refractivity contribution in [1.29, 1.82) is 0 Å². The van der Waals surface area contributed by atoms with Crippen molar-refractivity contribution in [2.45, 2.75) is 6.92 Å². The minimum absolute atomic E-state index is 0. The zero-order valence-corrected chi connectivity index (χ0v) is 7.65. The van der Waals surface area contributed by atoms with Crippen LogP contribution in [0.2, 0.25) is 0 Å². The smallest absolute Gasteiger partial charge is 0.870 e. The van der Waals surface area contributed by atoms with Gasteiger partial charge in [-0.25, -0.2) is 0 Å². The van der Waals surface area contributed by atoms with E-state index in [-0.39, 0.29) is 30.5 Å². The predicted octanol–water partition coefficient (Wildman–Crippen LogP) is -0.867. The van der Waals surface area contributed by atoms with Gasteiger partial charge in [0.2, 0.25) is 0 Å². The second kappa shape index (κ2) is 6.79. The van der Waals surface area contributed by atoms with Gasteiger partial charge in [0.1, 0.15) is 0 Å². The minimum atomic E-state index is -1.19. The van der Waals surface area contributed by atoms with E-state index in [2.05, 4.69) is 6.58 Å². The molecule has 42 valence electrons. The molecule has 0 aliphatic carbocycles. The molecule has 0 rings (SSSR count). The number of hydrogen-bond donors (Lipinski definition) is 0. The van der Waals surface area contributed by atoms with Gasteiger partial charge >= 0.3 is 19.5 Å². The molecule has 0 bridgehead atoms. The quantitative estimate of drug-likeness (QED) is 0.377. The number of carboxylic acids is 1. The average molecular weight is 167 g/mol. The fraction of sp³-hybridized carbons (Fsp3) is 0.250. The number of carbonyl (C=O) groups is 1. The van der Waals surface area contributed by atoms with Gasteiger partial charge in [0.05, 0.1) is 5.97 Å². The maximum atomic E-state index is 9.49. The predicted molar refractivity (Wildman–Crippen MR) is 21.8 cm³/mol. The van der Waals surface area contributed by atoms with Crippen LogP contribution in [0.1, 0.15) is 6.92 Å². The second-order valence-corrected chi connectivity index (χ2v) is 1.07. The van der Waals surface area contributed by atoms with Crippen molar-refractivity contribution in [3.05, 3.63) is 12.2 Å². The zero-order valence-electron chi connectivity index (χ0n) is 4.68. The Morgan fingerprint density at radius 2 is 1.75 bits per heavy atom. The standard InChI is InChI=1S/C4H6O2.H2O.Zn/c1-3(2)4(5)6;;/h1H2,2H3,(H,5,6);1H2;/q;;+2/p-2. The summed E-state index contributed by atoms with van der Waals surface area (Å²) in [6, 6.07) is 0. The molecule has 0 aromatic heterocycles. The molecule has 1 N–H and O–H groups in total. The van der Waals surface area contributed by atoms with E-state index in [0.29, 0.717) is 0 Å². The summed E-state index contributed by atoms with van der Waals surface area (Å²) in [5.74, 6) is -1.19. The maximum Gasteiger partial charge on any atom is 2.00 e. The van der Waals surface area contributed by atoms with Crippen molar-refractivity contribution in [3.8, 4) is 0 Å². The molecule has 3 nitrogen and oxygen atoms in total. The van der Waals surface area contributed by atoms with Gasteiger partial charge in [0.15, 0.2) is 0 Å². The van der Waals surface area contributed by atoms with E-state index in [1.165, 1.54) is 6.92 Å². The van der Waals surface area contributed by atoms with Crippen LogP contribution in [-0.4, -0.2) is 11.4 Å². The fourth-order valence-electron chi connectivity index (χ4n) is 0. The van der Waals surface area contributed by atoms with Crippen molar-refractivity contribution < 1.29 is 34.9 Å². The van der Waals surface area contributed by atoms with Crippen molar-refractivity contribution in [1.82, 2.24) is 0 Å². The first-order valence-electron chi connectivity index (χ1n) is 1.51. The molecule has 0 saturated carbocycles. The minimum Gasteiger partial charge on any atom is -0.870 e. The molecule has 8 heavy (non-hydrogen) atoms. The van der Waals surface area contributed by atoms with Gasteiger partial charge in [-0.05, 0) is 12.5 Å². The number of rotatable bonds is 1. The Hall–Kier alpha value is -0.207. The molecular weight excluding hydrogens is 161 g/mol. The van der Waals surface area contributed by atoms with Gasteiger partial charge in [-0.1, -0.05) is 6.58 Å². The Morgan fingerprint density at radius 1 is 1.62 bits per heavy atom. The second-order valence-electron chi connectivity index (χ2n) is 1.07. The van der Waals surface area contributed by atoms with E-state index in [1.807, 2.05) is 0 Å². The summed E-state index contributed by atoms with van der Waals surface area (Å²) in [6.07, 6.45) is 0. The number of carbonyl (C=O) groups excluding carboxylic acids is 1. The summed E-state index contributed by atoms with van der Waals surface area (Å²) in [4.78, 5) is 9.49. The summed E-state index contributed by atoms with van der Waals surface area (Å²) in [7, 11) is 0. The fourth-order valence-corrected chi connectivity index (χ4v) is 0. The zero-order chi connectivity index (χ0) is 5.15. The number of hydrogen-bond acceptors (Lipinski definition) is 3. The van der Waals surface area contributed by atoms with Crippen LogP contribution < -0.4 is 5.11 Å². The molecule has 0 saturated heterocycles. The first kappa shape index (κ1) is 15.7. The molecule has 4 heteroatoms. The summed E-state index contributed by atoms with van der Waals surface area (Å²) < 4.78 is 0. The first-order valence-corrected chi connectivity index (χ1v) is 1.51. The van der Waals surface area contributed by atoms with Gasteiger partial charge < -0.3 is 15.4 Å². The van der Waals surface area contributed by atoms with Crippen molar-refractivity contribution in [3.63, 3.8) is 0 Å². The van der Waals surface area contributed by atoms with Gasteiger partial charge in [0.25, 0.3) is 0 Å². The SMILES string of the molecule is C=C(C)C(=O)[O-].[OH-].[Zn+2]. The van der Waals surface area contributed by atoms with Crippen molar-refractivity contribution in [2.75, 3.05) is 0 Å². The van der Waals surface area contributed by atoms with Crippen LogP contribution in [0, 0.1) is 0 Å². The van der Waals surface area contributed by atoms with Gasteiger partial charge in [0, 0.05) is 0 Å². The molecule has 0 fully saturated rings. The molecule has 0 atom stereocenters. The van der Waals surface area contributed by atoms with E-state index < -0.39 is 5.97 Å². The number of aliphatic carboxylic acids is 1. The van der Waals surface area contributed by atoms with Gasteiger partial charge in [-0.3, -0.25) is 0 Å². The van der Waals surface area contributed by atoms with Crippen LogP contribution in [0.4, 0.5) is 0 Å². The van der Waals surface area contributed by atoms with Crippen LogP contribution >= 0.6 is 0 Å². The van der Waals surface area contributed by atoms with Crippen LogP contribution in [0.5, 0.6) is 0 Å². The Morgan fingerprint density at radius 3 is 1.75 bits per heavy atom. The summed E-state index contributed by atoms with van der Waals surface area (Å²) in [6.45, 7) is 4.48. The van der Waals surface area contributed by atoms with E-state index in [1.54, 1.807) is 0 Å². The van der Waals surface area contributed by atoms with E-state index >= 15 is 0 Å². The van der Waals surface area contributed by atoms with Crippen LogP contribution in [0.15, 0.2) is 12.2 Å². The molecule has 0 amide bonds. The molecule has 0 radical (unpaired) electrons. The Labute approximate surface area is 60.5 Å². The molecule has 0 aliphatic heterocycles. The molecule has 0 aromatic rings. The third kappa shape index (κ3) is 9.25. The molecule has 0 aromatic carbocycles. The third-order valence-corrected chi connectivity index (χ3v) is 0.348. The maximum absolute atomic E-state index is 9.49. The van der Waals surface area contributed by atoms with Crippen LogP contribution in [-0.2, 0) is 24.3 Å². The molecule has 0 unspecified atom stereocenters. The Balaban J connectivity index is -0.000000125.